The zero-order valence-corrected chi connectivity index (χ0v) is 12.6. The van der Waals surface area contributed by atoms with Gasteiger partial charge in [-0.15, -0.1) is 6.58 Å². The number of benzene rings is 2. The molecule has 112 valence electrons. The second kappa shape index (κ2) is 8.45. The Morgan fingerprint density at radius 2 is 2.00 bits per heavy atom. The SMILES string of the molecule is C=CCNCc1c(OCCOCC)ccc2ccccc12. The van der Waals surface area contributed by atoms with Gasteiger partial charge in [0.1, 0.15) is 12.4 Å². The van der Waals surface area contributed by atoms with Gasteiger partial charge in [-0.3, -0.25) is 0 Å². The van der Waals surface area contributed by atoms with Crippen LogP contribution in [0.1, 0.15) is 12.5 Å². The van der Waals surface area contributed by atoms with Gasteiger partial charge in [0.15, 0.2) is 0 Å². The largest absolute Gasteiger partial charge is 0.491 e. The Labute approximate surface area is 126 Å². The van der Waals surface area contributed by atoms with Crippen molar-refractivity contribution in [1.29, 1.82) is 0 Å². The van der Waals surface area contributed by atoms with E-state index in [1.165, 1.54) is 16.3 Å². The van der Waals surface area contributed by atoms with E-state index in [0.717, 1.165) is 25.4 Å². The summed E-state index contributed by atoms with van der Waals surface area (Å²) < 4.78 is 11.2. The second-order valence-corrected chi connectivity index (χ2v) is 4.73. The number of rotatable bonds is 9. The van der Waals surface area contributed by atoms with Crippen molar-refractivity contribution < 1.29 is 9.47 Å². The van der Waals surface area contributed by atoms with E-state index in [1.54, 1.807) is 0 Å². The van der Waals surface area contributed by atoms with Crippen LogP contribution in [-0.2, 0) is 11.3 Å². The second-order valence-electron chi connectivity index (χ2n) is 4.73. The molecule has 2 aromatic rings. The summed E-state index contributed by atoms with van der Waals surface area (Å²) in [6.45, 7) is 9.16. The molecule has 0 radical (unpaired) electrons. The molecule has 3 nitrogen and oxygen atoms in total. The van der Waals surface area contributed by atoms with Crippen LogP contribution in [0.5, 0.6) is 5.75 Å². The van der Waals surface area contributed by atoms with Gasteiger partial charge in [0.25, 0.3) is 0 Å². The highest BCUT2D eigenvalue weighted by atomic mass is 16.5. The Hall–Kier alpha value is -1.84. The van der Waals surface area contributed by atoms with E-state index in [4.69, 9.17) is 9.47 Å². The van der Waals surface area contributed by atoms with Gasteiger partial charge < -0.3 is 14.8 Å². The molecule has 0 bridgehead atoms. The maximum absolute atomic E-state index is 5.89. The van der Waals surface area contributed by atoms with Crippen molar-refractivity contribution in [3.05, 3.63) is 54.6 Å². The van der Waals surface area contributed by atoms with E-state index >= 15 is 0 Å². The van der Waals surface area contributed by atoms with Crippen molar-refractivity contribution in [1.82, 2.24) is 5.32 Å². The first kappa shape index (κ1) is 15.5. The summed E-state index contributed by atoms with van der Waals surface area (Å²) in [6, 6.07) is 12.5. The molecule has 0 aliphatic carbocycles. The van der Waals surface area contributed by atoms with Crippen molar-refractivity contribution >= 4 is 10.8 Å². The molecule has 0 amide bonds. The fourth-order valence-corrected chi connectivity index (χ4v) is 2.29. The summed E-state index contributed by atoms with van der Waals surface area (Å²) in [5.41, 5.74) is 1.19. The number of nitrogens with one attached hydrogen (secondary N) is 1. The van der Waals surface area contributed by atoms with E-state index in [2.05, 4.69) is 42.2 Å². The Bertz CT molecular complexity index is 580. The zero-order valence-electron chi connectivity index (χ0n) is 12.6. The molecular weight excluding hydrogens is 262 g/mol. The van der Waals surface area contributed by atoms with Gasteiger partial charge in [-0.05, 0) is 23.8 Å². The Kier molecular flexibility index (Phi) is 6.25. The Balaban J connectivity index is 2.20. The van der Waals surface area contributed by atoms with Crippen LogP contribution in [0, 0.1) is 0 Å². The lowest BCUT2D eigenvalue weighted by atomic mass is 10.0. The lowest BCUT2D eigenvalue weighted by Crippen LogP contribution is -2.15. The topological polar surface area (TPSA) is 30.5 Å². The average Bonchev–Trinajstić information content (AvgIpc) is 2.53. The number of fused-ring (bicyclic) bond motifs is 1. The third-order valence-corrected chi connectivity index (χ3v) is 3.28. The van der Waals surface area contributed by atoms with Gasteiger partial charge in [-0.2, -0.15) is 0 Å². The number of hydrogen-bond acceptors (Lipinski definition) is 3. The lowest BCUT2D eigenvalue weighted by Gasteiger charge is -2.14. The van der Waals surface area contributed by atoms with E-state index in [1.807, 2.05) is 19.1 Å². The molecule has 0 saturated carbocycles. The Morgan fingerprint density at radius 3 is 2.81 bits per heavy atom. The molecule has 0 aliphatic rings. The molecule has 0 unspecified atom stereocenters. The normalized spacial score (nSPS) is 10.7. The van der Waals surface area contributed by atoms with Crippen LogP contribution in [0.2, 0.25) is 0 Å². The third-order valence-electron chi connectivity index (χ3n) is 3.28. The van der Waals surface area contributed by atoms with Gasteiger partial charge >= 0.3 is 0 Å². The molecule has 0 fully saturated rings. The quantitative estimate of drug-likeness (QED) is 0.565. The Morgan fingerprint density at radius 1 is 1.14 bits per heavy atom. The first-order valence-electron chi connectivity index (χ1n) is 7.39. The summed E-state index contributed by atoms with van der Waals surface area (Å²) in [6.07, 6.45) is 1.86. The molecule has 3 heteroatoms. The molecule has 0 aromatic heterocycles. The minimum atomic E-state index is 0.570. The molecule has 0 saturated heterocycles. The number of ether oxygens (including phenoxy) is 2. The molecule has 0 aliphatic heterocycles. The van der Waals surface area contributed by atoms with Gasteiger partial charge in [0, 0.05) is 25.3 Å². The minimum Gasteiger partial charge on any atom is -0.491 e. The van der Waals surface area contributed by atoms with Crippen molar-refractivity contribution in [3.8, 4) is 5.75 Å². The number of hydrogen-bond donors (Lipinski definition) is 1. The molecule has 0 spiro atoms. The van der Waals surface area contributed by atoms with Gasteiger partial charge in [-0.25, -0.2) is 0 Å². The van der Waals surface area contributed by atoms with Crippen LogP contribution in [0.3, 0.4) is 0 Å². The van der Waals surface area contributed by atoms with Gasteiger partial charge in [-0.1, -0.05) is 36.4 Å². The summed E-state index contributed by atoms with van der Waals surface area (Å²) in [4.78, 5) is 0. The summed E-state index contributed by atoms with van der Waals surface area (Å²) in [7, 11) is 0. The maximum Gasteiger partial charge on any atom is 0.124 e. The minimum absolute atomic E-state index is 0.570. The maximum atomic E-state index is 5.89. The van der Waals surface area contributed by atoms with E-state index in [-0.39, 0.29) is 0 Å². The van der Waals surface area contributed by atoms with E-state index in [9.17, 15) is 0 Å². The highest BCUT2D eigenvalue weighted by Crippen LogP contribution is 2.28. The third kappa shape index (κ3) is 4.31. The summed E-state index contributed by atoms with van der Waals surface area (Å²) in [5.74, 6) is 0.921. The highest BCUT2D eigenvalue weighted by molar-refractivity contribution is 5.87. The van der Waals surface area contributed by atoms with Crippen LogP contribution in [0.25, 0.3) is 10.8 Å². The van der Waals surface area contributed by atoms with Gasteiger partial charge in [0.2, 0.25) is 0 Å². The predicted octanol–water partition coefficient (Wildman–Crippen LogP) is 3.53. The molecule has 2 rings (SSSR count). The lowest BCUT2D eigenvalue weighted by molar-refractivity contribution is 0.110. The average molecular weight is 285 g/mol. The zero-order chi connectivity index (χ0) is 14.9. The first-order valence-corrected chi connectivity index (χ1v) is 7.39. The van der Waals surface area contributed by atoms with Crippen LogP contribution < -0.4 is 10.1 Å². The first-order chi connectivity index (χ1) is 10.4. The molecule has 2 aromatic carbocycles. The van der Waals surface area contributed by atoms with Gasteiger partial charge in [0.05, 0.1) is 6.61 Å². The fraction of sp³-hybridized carbons (Fsp3) is 0.333. The van der Waals surface area contributed by atoms with Crippen LogP contribution >= 0.6 is 0 Å². The highest BCUT2D eigenvalue weighted by Gasteiger charge is 2.08. The predicted molar refractivity (Wildman–Crippen MR) is 87.8 cm³/mol. The van der Waals surface area contributed by atoms with Crippen molar-refractivity contribution in [2.45, 2.75) is 13.5 Å². The van der Waals surface area contributed by atoms with Crippen molar-refractivity contribution in [3.63, 3.8) is 0 Å². The monoisotopic (exact) mass is 285 g/mol. The summed E-state index contributed by atoms with van der Waals surface area (Å²) in [5, 5.41) is 5.81. The van der Waals surface area contributed by atoms with Crippen LogP contribution in [0.4, 0.5) is 0 Å². The standard InChI is InChI=1S/C18H23NO2/c1-3-11-19-14-17-16-8-6-5-7-15(16)9-10-18(17)21-13-12-20-4-2/h3,5-10,19H,1,4,11-14H2,2H3. The van der Waals surface area contributed by atoms with Crippen LogP contribution in [0.15, 0.2) is 49.1 Å². The van der Waals surface area contributed by atoms with Crippen molar-refractivity contribution in [2.75, 3.05) is 26.4 Å². The summed E-state index contributed by atoms with van der Waals surface area (Å²) >= 11 is 0. The molecule has 21 heavy (non-hydrogen) atoms. The van der Waals surface area contributed by atoms with Crippen molar-refractivity contribution in [2.24, 2.45) is 0 Å². The molecule has 0 atom stereocenters. The molecule has 1 N–H and O–H groups in total. The fourth-order valence-electron chi connectivity index (χ4n) is 2.29. The molecule has 0 heterocycles. The van der Waals surface area contributed by atoms with E-state index < -0.39 is 0 Å². The van der Waals surface area contributed by atoms with E-state index in [0.29, 0.717) is 13.2 Å². The molecular formula is C18H23NO2. The smallest absolute Gasteiger partial charge is 0.124 e. The van der Waals surface area contributed by atoms with Crippen LogP contribution in [-0.4, -0.2) is 26.4 Å².